The van der Waals surface area contributed by atoms with Crippen LogP contribution in [0.5, 0.6) is 0 Å². The summed E-state index contributed by atoms with van der Waals surface area (Å²) >= 11 is 0. The lowest BCUT2D eigenvalue weighted by Gasteiger charge is -2.38. The second-order valence-electron chi connectivity index (χ2n) is 8.42. The predicted octanol–water partition coefficient (Wildman–Crippen LogP) is 5.02. The van der Waals surface area contributed by atoms with Crippen LogP contribution in [0.4, 0.5) is 0 Å². The van der Waals surface area contributed by atoms with Gasteiger partial charge in [-0.2, -0.15) is 0 Å². The van der Waals surface area contributed by atoms with Crippen molar-refractivity contribution in [1.82, 2.24) is 5.32 Å². The number of rotatable bonds is 10. The third kappa shape index (κ3) is 9.52. The first-order valence-electron chi connectivity index (χ1n) is 9.21. The van der Waals surface area contributed by atoms with Gasteiger partial charge < -0.3 is 10.1 Å². The molecule has 1 aliphatic rings. The minimum Gasteiger partial charge on any atom is -0.378 e. The molecule has 0 aromatic rings. The van der Waals surface area contributed by atoms with E-state index in [9.17, 15) is 0 Å². The van der Waals surface area contributed by atoms with Crippen molar-refractivity contribution < 1.29 is 4.74 Å². The fourth-order valence-corrected chi connectivity index (χ4v) is 3.73. The number of unbranched alkanes of at least 4 members (excludes halogenated alkanes) is 3. The van der Waals surface area contributed by atoms with E-state index < -0.39 is 0 Å². The van der Waals surface area contributed by atoms with Crippen molar-refractivity contribution in [3.05, 3.63) is 0 Å². The van der Waals surface area contributed by atoms with Crippen LogP contribution in [-0.2, 0) is 4.74 Å². The molecule has 0 radical (unpaired) electrons. The van der Waals surface area contributed by atoms with E-state index in [1.165, 1.54) is 51.5 Å². The molecule has 0 aromatic heterocycles. The highest BCUT2D eigenvalue weighted by Crippen LogP contribution is 2.39. The number of hydrogen-bond acceptors (Lipinski definition) is 2. The molecule has 1 saturated carbocycles. The minimum atomic E-state index is 0.477. The van der Waals surface area contributed by atoms with Crippen LogP contribution >= 0.6 is 0 Å². The van der Waals surface area contributed by atoms with E-state index in [1.807, 2.05) is 0 Å². The lowest BCUT2D eigenvalue weighted by Crippen LogP contribution is -2.32. The van der Waals surface area contributed by atoms with Crippen LogP contribution in [0, 0.1) is 17.3 Å². The van der Waals surface area contributed by atoms with Crippen molar-refractivity contribution in [2.24, 2.45) is 17.3 Å². The Bertz CT molecular complexity index is 262. The van der Waals surface area contributed by atoms with Crippen molar-refractivity contribution in [2.75, 3.05) is 19.7 Å². The highest BCUT2D eigenvalue weighted by atomic mass is 16.5. The first kappa shape index (κ1) is 19.0. The zero-order valence-corrected chi connectivity index (χ0v) is 15.2. The molecule has 0 heterocycles. The van der Waals surface area contributed by atoms with Gasteiger partial charge in [-0.3, -0.25) is 0 Å². The summed E-state index contributed by atoms with van der Waals surface area (Å²) in [6.45, 7) is 15.0. The summed E-state index contributed by atoms with van der Waals surface area (Å²) in [7, 11) is 0. The molecule has 0 amide bonds. The van der Waals surface area contributed by atoms with Gasteiger partial charge in [0.15, 0.2) is 0 Å². The lowest BCUT2D eigenvalue weighted by molar-refractivity contribution is -0.0240. The minimum absolute atomic E-state index is 0.477. The molecular formula is C19H39NO. The molecule has 2 atom stereocenters. The third-order valence-corrected chi connectivity index (χ3v) is 4.50. The molecule has 2 unspecified atom stereocenters. The molecule has 2 heteroatoms. The topological polar surface area (TPSA) is 21.3 Å². The van der Waals surface area contributed by atoms with E-state index in [1.54, 1.807) is 0 Å². The second kappa shape index (κ2) is 9.84. The van der Waals surface area contributed by atoms with Crippen LogP contribution < -0.4 is 5.32 Å². The maximum atomic E-state index is 6.13. The van der Waals surface area contributed by atoms with Crippen molar-refractivity contribution in [3.8, 4) is 0 Å². The summed E-state index contributed by atoms with van der Waals surface area (Å²) in [5, 5.41) is 3.51. The predicted molar refractivity (Wildman–Crippen MR) is 92.7 cm³/mol. The van der Waals surface area contributed by atoms with E-state index in [2.05, 4.69) is 39.9 Å². The maximum Gasteiger partial charge on any atom is 0.0582 e. The van der Waals surface area contributed by atoms with Gasteiger partial charge in [-0.1, -0.05) is 47.5 Å². The third-order valence-electron chi connectivity index (χ3n) is 4.50. The standard InChI is InChI=1S/C19H39NO/c1-16(2)15-20-10-8-6-7-9-11-21-18-12-17(3)13-19(4,5)14-18/h16-18,20H,6-15H2,1-5H3. The van der Waals surface area contributed by atoms with E-state index in [-0.39, 0.29) is 0 Å². The van der Waals surface area contributed by atoms with E-state index in [4.69, 9.17) is 4.74 Å². The monoisotopic (exact) mass is 297 g/mol. The summed E-state index contributed by atoms with van der Waals surface area (Å²) in [5.74, 6) is 1.59. The summed E-state index contributed by atoms with van der Waals surface area (Å²) in [5.41, 5.74) is 0.477. The van der Waals surface area contributed by atoms with Gasteiger partial charge >= 0.3 is 0 Å². The van der Waals surface area contributed by atoms with Crippen LogP contribution in [0.3, 0.4) is 0 Å². The summed E-state index contributed by atoms with van der Waals surface area (Å²) in [6, 6.07) is 0. The van der Waals surface area contributed by atoms with Gasteiger partial charge in [-0.15, -0.1) is 0 Å². The molecule has 21 heavy (non-hydrogen) atoms. The lowest BCUT2D eigenvalue weighted by atomic mass is 9.71. The van der Waals surface area contributed by atoms with Crippen LogP contribution in [0.2, 0.25) is 0 Å². The van der Waals surface area contributed by atoms with Gasteiger partial charge in [0.05, 0.1) is 6.10 Å². The molecular weight excluding hydrogens is 258 g/mol. The highest BCUT2D eigenvalue weighted by molar-refractivity contribution is 4.83. The quantitative estimate of drug-likeness (QED) is 0.571. The van der Waals surface area contributed by atoms with Gasteiger partial charge in [-0.25, -0.2) is 0 Å². The fourth-order valence-electron chi connectivity index (χ4n) is 3.73. The molecule has 0 aromatic carbocycles. The number of ether oxygens (including phenoxy) is 1. The Kier molecular flexibility index (Phi) is 8.89. The van der Waals surface area contributed by atoms with E-state index >= 15 is 0 Å². The molecule has 1 aliphatic carbocycles. The van der Waals surface area contributed by atoms with Gasteiger partial charge in [0.25, 0.3) is 0 Å². The molecule has 1 N–H and O–H groups in total. The zero-order valence-electron chi connectivity index (χ0n) is 15.2. The maximum absolute atomic E-state index is 6.13. The average Bonchev–Trinajstić information content (AvgIpc) is 2.34. The Balaban J connectivity index is 1.94. The van der Waals surface area contributed by atoms with Gasteiger partial charge in [0.2, 0.25) is 0 Å². The Morgan fingerprint density at radius 3 is 2.48 bits per heavy atom. The van der Waals surface area contributed by atoms with Gasteiger partial charge in [0.1, 0.15) is 0 Å². The Morgan fingerprint density at radius 2 is 1.81 bits per heavy atom. The summed E-state index contributed by atoms with van der Waals surface area (Å²) in [6.07, 6.45) is 9.57. The second-order valence-corrected chi connectivity index (χ2v) is 8.42. The van der Waals surface area contributed by atoms with Crippen LogP contribution in [0.25, 0.3) is 0 Å². The molecule has 0 bridgehead atoms. The Labute approximate surface area is 133 Å². The molecule has 126 valence electrons. The van der Waals surface area contributed by atoms with Crippen molar-refractivity contribution >= 4 is 0 Å². The Hall–Kier alpha value is -0.0800. The number of hydrogen-bond donors (Lipinski definition) is 1. The van der Waals surface area contributed by atoms with Crippen molar-refractivity contribution in [3.63, 3.8) is 0 Å². The van der Waals surface area contributed by atoms with E-state index in [0.29, 0.717) is 11.5 Å². The molecule has 1 rings (SSSR count). The summed E-state index contributed by atoms with van der Waals surface area (Å²) in [4.78, 5) is 0. The fraction of sp³-hybridized carbons (Fsp3) is 1.00. The molecule has 1 fully saturated rings. The zero-order chi connectivity index (χ0) is 15.7. The Morgan fingerprint density at radius 1 is 1.10 bits per heavy atom. The highest BCUT2D eigenvalue weighted by Gasteiger charge is 2.32. The van der Waals surface area contributed by atoms with Crippen LogP contribution in [0.15, 0.2) is 0 Å². The first-order valence-corrected chi connectivity index (χ1v) is 9.21. The molecule has 2 nitrogen and oxygen atoms in total. The SMILES string of the molecule is CC(C)CNCCCCCCOC1CC(C)CC(C)(C)C1. The molecule has 0 saturated heterocycles. The summed E-state index contributed by atoms with van der Waals surface area (Å²) < 4.78 is 6.13. The van der Waals surface area contributed by atoms with Crippen molar-refractivity contribution in [2.45, 2.75) is 85.7 Å². The number of nitrogens with one attached hydrogen (secondary N) is 1. The van der Waals surface area contributed by atoms with Gasteiger partial charge in [-0.05, 0) is 62.4 Å². The largest absolute Gasteiger partial charge is 0.378 e. The molecule has 0 spiro atoms. The normalized spacial score (nSPS) is 25.4. The smallest absolute Gasteiger partial charge is 0.0582 e. The van der Waals surface area contributed by atoms with Crippen molar-refractivity contribution in [1.29, 1.82) is 0 Å². The van der Waals surface area contributed by atoms with Crippen LogP contribution in [-0.4, -0.2) is 25.8 Å². The molecule has 0 aliphatic heterocycles. The first-order chi connectivity index (χ1) is 9.89. The van der Waals surface area contributed by atoms with Gasteiger partial charge in [0, 0.05) is 6.61 Å². The van der Waals surface area contributed by atoms with Crippen LogP contribution in [0.1, 0.15) is 79.6 Å². The average molecular weight is 298 g/mol. The van der Waals surface area contributed by atoms with E-state index in [0.717, 1.165) is 25.0 Å².